The van der Waals surface area contributed by atoms with Crippen LogP contribution in [0.2, 0.25) is 0 Å². The molecule has 0 amide bonds. The van der Waals surface area contributed by atoms with Gasteiger partial charge in [0.2, 0.25) is 10.0 Å². The molecule has 0 aliphatic carbocycles. The topological polar surface area (TPSA) is 85.0 Å². The Hall–Kier alpha value is -1.11. The predicted octanol–water partition coefficient (Wildman–Crippen LogP) is 0.852. The highest BCUT2D eigenvalue weighted by Crippen LogP contribution is 2.12. The molecule has 0 N–H and O–H groups in total. The van der Waals surface area contributed by atoms with Gasteiger partial charge in [-0.1, -0.05) is 0 Å². The zero-order valence-electron chi connectivity index (χ0n) is 9.14. The molecule has 0 aliphatic rings. The highest BCUT2D eigenvalue weighted by Gasteiger charge is 2.30. The van der Waals surface area contributed by atoms with Crippen LogP contribution >= 0.6 is 0 Å². The average molecular weight is 229 g/mol. The third kappa shape index (κ3) is 3.50. The molecule has 1 unspecified atom stereocenters. The molecule has 0 fully saturated rings. The molecule has 0 saturated heterocycles. The van der Waals surface area contributed by atoms with Gasteiger partial charge in [0.05, 0.1) is 12.1 Å². The Kier molecular flexibility index (Phi) is 5.27. The second kappa shape index (κ2) is 5.69. The van der Waals surface area contributed by atoms with Gasteiger partial charge >= 0.3 is 0 Å². The molecule has 0 aromatic rings. The normalized spacial score (nSPS) is 13.5. The van der Waals surface area contributed by atoms with E-state index in [9.17, 15) is 8.42 Å². The summed E-state index contributed by atoms with van der Waals surface area (Å²) in [5.41, 5.74) is 0. The van der Waals surface area contributed by atoms with Crippen molar-refractivity contribution in [2.45, 2.75) is 38.5 Å². The largest absolute Gasteiger partial charge is 0.230 e. The second-order valence-electron chi connectivity index (χ2n) is 3.43. The van der Waals surface area contributed by atoms with Crippen molar-refractivity contribution in [1.29, 1.82) is 10.5 Å². The van der Waals surface area contributed by atoms with Crippen LogP contribution in [0.5, 0.6) is 0 Å². The minimum Gasteiger partial charge on any atom is -0.211 e. The lowest BCUT2D eigenvalue weighted by Gasteiger charge is -2.25. The standard InChI is InChI=1S/C9H15N3O2S/c1-8(2)12(6-4-5-10)15(13,14)9(3)7-11/h8-9H,4,6H2,1-3H3. The van der Waals surface area contributed by atoms with E-state index in [4.69, 9.17) is 10.5 Å². The molecular formula is C9H15N3O2S. The summed E-state index contributed by atoms with van der Waals surface area (Å²) >= 11 is 0. The minimum atomic E-state index is -3.60. The molecule has 15 heavy (non-hydrogen) atoms. The van der Waals surface area contributed by atoms with Crippen molar-refractivity contribution in [3.8, 4) is 12.1 Å². The molecule has 0 bridgehead atoms. The van der Waals surface area contributed by atoms with Gasteiger partial charge in [0.25, 0.3) is 0 Å². The van der Waals surface area contributed by atoms with Gasteiger partial charge in [0.1, 0.15) is 0 Å². The van der Waals surface area contributed by atoms with Crippen LogP contribution in [0.25, 0.3) is 0 Å². The van der Waals surface area contributed by atoms with Crippen LogP contribution in [0.4, 0.5) is 0 Å². The number of hydrogen-bond donors (Lipinski definition) is 0. The van der Waals surface area contributed by atoms with E-state index >= 15 is 0 Å². The molecule has 0 heterocycles. The first-order chi connectivity index (χ1) is 6.87. The van der Waals surface area contributed by atoms with Crippen LogP contribution in [0.3, 0.4) is 0 Å². The van der Waals surface area contributed by atoms with Gasteiger partial charge in [-0.05, 0) is 20.8 Å². The molecule has 1 atom stereocenters. The molecular weight excluding hydrogens is 214 g/mol. The zero-order valence-corrected chi connectivity index (χ0v) is 9.95. The van der Waals surface area contributed by atoms with Gasteiger partial charge < -0.3 is 0 Å². The molecule has 0 radical (unpaired) electrons. The molecule has 0 aliphatic heterocycles. The van der Waals surface area contributed by atoms with Crippen LogP contribution in [-0.4, -0.2) is 30.6 Å². The summed E-state index contributed by atoms with van der Waals surface area (Å²) < 4.78 is 24.8. The molecule has 6 heteroatoms. The van der Waals surface area contributed by atoms with E-state index in [-0.39, 0.29) is 19.0 Å². The third-order valence-electron chi connectivity index (χ3n) is 1.98. The zero-order chi connectivity index (χ0) is 12.1. The van der Waals surface area contributed by atoms with Crippen molar-refractivity contribution in [1.82, 2.24) is 4.31 Å². The smallest absolute Gasteiger partial charge is 0.211 e. The maximum atomic E-state index is 11.8. The van der Waals surface area contributed by atoms with Crippen LogP contribution in [0.1, 0.15) is 27.2 Å². The predicted molar refractivity (Wildman–Crippen MR) is 56.1 cm³/mol. The van der Waals surface area contributed by atoms with Gasteiger partial charge in [0.15, 0.2) is 5.25 Å². The third-order valence-corrected chi connectivity index (χ3v) is 4.23. The molecule has 0 aromatic heterocycles. The Labute approximate surface area is 91.0 Å². The summed E-state index contributed by atoms with van der Waals surface area (Å²) in [5, 5.41) is 16.0. The van der Waals surface area contributed by atoms with Crippen LogP contribution in [0.15, 0.2) is 0 Å². The number of nitriles is 2. The molecule has 84 valence electrons. The summed E-state index contributed by atoms with van der Waals surface area (Å²) in [6, 6.07) is 3.36. The SMILES string of the molecule is CC(C)N(CCC#N)S(=O)(=O)C(C)C#N. The van der Waals surface area contributed by atoms with E-state index in [1.54, 1.807) is 19.9 Å². The highest BCUT2D eigenvalue weighted by atomic mass is 32.2. The Balaban J connectivity index is 4.95. The van der Waals surface area contributed by atoms with E-state index in [0.29, 0.717) is 0 Å². The Bertz CT molecular complexity index is 375. The van der Waals surface area contributed by atoms with Gasteiger partial charge in [0, 0.05) is 19.0 Å². The minimum absolute atomic E-state index is 0.134. The van der Waals surface area contributed by atoms with E-state index in [0.717, 1.165) is 0 Å². The number of nitrogens with zero attached hydrogens (tertiary/aromatic N) is 3. The van der Waals surface area contributed by atoms with Crippen molar-refractivity contribution < 1.29 is 8.42 Å². The Morgan fingerprint density at radius 2 is 1.80 bits per heavy atom. The second-order valence-corrected chi connectivity index (χ2v) is 5.63. The molecule has 0 spiro atoms. The fraction of sp³-hybridized carbons (Fsp3) is 0.778. The van der Waals surface area contributed by atoms with Gasteiger partial charge in [-0.15, -0.1) is 0 Å². The average Bonchev–Trinajstić information content (AvgIpc) is 2.16. The fourth-order valence-corrected chi connectivity index (χ4v) is 2.58. The molecule has 0 rings (SSSR count). The quantitative estimate of drug-likeness (QED) is 0.699. The summed E-state index contributed by atoms with van der Waals surface area (Å²) in [6.45, 7) is 4.93. The summed E-state index contributed by atoms with van der Waals surface area (Å²) in [4.78, 5) is 0. The van der Waals surface area contributed by atoms with Crippen molar-refractivity contribution >= 4 is 10.0 Å². The molecule has 0 saturated carbocycles. The summed E-state index contributed by atoms with van der Waals surface area (Å²) in [7, 11) is -3.60. The molecule has 0 aromatic carbocycles. The van der Waals surface area contributed by atoms with E-state index < -0.39 is 15.3 Å². The van der Waals surface area contributed by atoms with E-state index in [2.05, 4.69) is 0 Å². The van der Waals surface area contributed by atoms with Gasteiger partial charge in [-0.25, -0.2) is 8.42 Å². The number of hydrogen-bond acceptors (Lipinski definition) is 4. The van der Waals surface area contributed by atoms with E-state index in [1.807, 2.05) is 6.07 Å². The van der Waals surface area contributed by atoms with E-state index in [1.165, 1.54) is 11.2 Å². The monoisotopic (exact) mass is 229 g/mol. The van der Waals surface area contributed by atoms with Crippen LogP contribution in [-0.2, 0) is 10.0 Å². The maximum Gasteiger partial charge on any atom is 0.230 e. The van der Waals surface area contributed by atoms with Crippen molar-refractivity contribution in [3.05, 3.63) is 0 Å². The van der Waals surface area contributed by atoms with Crippen LogP contribution in [0, 0.1) is 22.7 Å². The molecule has 5 nitrogen and oxygen atoms in total. The van der Waals surface area contributed by atoms with Gasteiger partial charge in [-0.2, -0.15) is 14.8 Å². The first-order valence-electron chi connectivity index (χ1n) is 4.65. The summed E-state index contributed by atoms with van der Waals surface area (Å²) in [5.74, 6) is 0. The first-order valence-corrected chi connectivity index (χ1v) is 6.15. The lowest BCUT2D eigenvalue weighted by atomic mass is 10.3. The highest BCUT2D eigenvalue weighted by molar-refractivity contribution is 7.90. The van der Waals surface area contributed by atoms with Crippen molar-refractivity contribution in [3.63, 3.8) is 0 Å². The van der Waals surface area contributed by atoms with Crippen LogP contribution < -0.4 is 0 Å². The Morgan fingerprint density at radius 3 is 2.13 bits per heavy atom. The lowest BCUT2D eigenvalue weighted by Crippen LogP contribution is -2.42. The lowest BCUT2D eigenvalue weighted by molar-refractivity contribution is 0.358. The van der Waals surface area contributed by atoms with Crippen molar-refractivity contribution in [2.75, 3.05) is 6.54 Å². The Morgan fingerprint density at radius 1 is 1.27 bits per heavy atom. The summed E-state index contributed by atoms with van der Waals surface area (Å²) in [6.07, 6.45) is 0.134. The first kappa shape index (κ1) is 13.9. The fourth-order valence-electron chi connectivity index (χ4n) is 1.11. The van der Waals surface area contributed by atoms with Gasteiger partial charge in [-0.3, -0.25) is 0 Å². The maximum absolute atomic E-state index is 11.8. The van der Waals surface area contributed by atoms with Crippen molar-refractivity contribution in [2.24, 2.45) is 0 Å². The number of sulfonamides is 1. The number of rotatable bonds is 5.